The van der Waals surface area contributed by atoms with E-state index in [0.717, 1.165) is 0 Å². The molecule has 142 valence electrons. The molecular weight excluding hydrogens is 346 g/mol. The van der Waals surface area contributed by atoms with Gasteiger partial charge in [0.25, 0.3) is 5.91 Å². The summed E-state index contributed by atoms with van der Waals surface area (Å²) in [6.07, 6.45) is 1.79. The van der Waals surface area contributed by atoms with E-state index in [1.807, 2.05) is 6.92 Å². The molecule has 1 amide bonds. The topological polar surface area (TPSA) is 80.6 Å². The Morgan fingerprint density at radius 1 is 1.35 bits per heavy atom. The molecule has 0 aliphatic heterocycles. The number of nitrogens with one attached hydrogen (secondary N) is 1. The highest BCUT2D eigenvalue weighted by Gasteiger charge is 2.17. The Kier molecular flexibility index (Phi) is 9.72. The third kappa shape index (κ3) is 7.07. The smallest absolute Gasteiger partial charge is 0.387 e. The highest BCUT2D eigenvalue weighted by molar-refractivity contribution is 6.02. The van der Waals surface area contributed by atoms with Crippen LogP contribution in [0, 0.1) is 11.3 Å². The number of nitriles is 1. The second kappa shape index (κ2) is 11.8. The first kappa shape index (κ1) is 21.4. The number of nitrogens with zero attached hydrogens (tertiary/aromatic N) is 1. The second-order valence-corrected chi connectivity index (χ2v) is 4.96. The van der Waals surface area contributed by atoms with E-state index in [1.165, 1.54) is 18.2 Å². The minimum atomic E-state index is -3.07. The molecule has 0 aliphatic carbocycles. The predicted molar refractivity (Wildman–Crippen MR) is 92.0 cm³/mol. The Hall–Kier alpha value is -2.66. The van der Waals surface area contributed by atoms with Crippen molar-refractivity contribution < 1.29 is 27.8 Å². The number of amides is 1. The van der Waals surface area contributed by atoms with E-state index >= 15 is 0 Å². The van der Waals surface area contributed by atoms with E-state index in [-0.39, 0.29) is 29.2 Å². The fraction of sp³-hybridized carbons (Fsp3) is 0.444. The molecule has 0 fully saturated rings. The van der Waals surface area contributed by atoms with Crippen LogP contribution in [0.1, 0.15) is 25.8 Å². The lowest BCUT2D eigenvalue weighted by Crippen LogP contribution is -2.26. The Balaban J connectivity index is 2.98. The molecule has 0 bridgehead atoms. The van der Waals surface area contributed by atoms with E-state index in [1.54, 1.807) is 19.1 Å². The third-order valence-corrected chi connectivity index (χ3v) is 3.14. The summed E-state index contributed by atoms with van der Waals surface area (Å²) in [6, 6.07) is 6.26. The van der Waals surface area contributed by atoms with Crippen LogP contribution in [0.25, 0.3) is 6.08 Å². The Morgan fingerprint density at radius 3 is 2.73 bits per heavy atom. The summed E-state index contributed by atoms with van der Waals surface area (Å²) < 4.78 is 40.4. The molecule has 6 nitrogen and oxygen atoms in total. The van der Waals surface area contributed by atoms with Crippen molar-refractivity contribution in [2.24, 2.45) is 0 Å². The van der Waals surface area contributed by atoms with Gasteiger partial charge in [-0.2, -0.15) is 14.0 Å². The van der Waals surface area contributed by atoms with Crippen molar-refractivity contribution in [3.63, 3.8) is 0 Å². The molecule has 1 N–H and O–H groups in total. The molecule has 0 unspecified atom stereocenters. The maximum absolute atomic E-state index is 12.7. The lowest BCUT2D eigenvalue weighted by atomic mass is 10.1. The number of para-hydroxylation sites is 1. The van der Waals surface area contributed by atoms with Gasteiger partial charge in [-0.15, -0.1) is 0 Å². The van der Waals surface area contributed by atoms with E-state index in [2.05, 4.69) is 10.1 Å². The fourth-order valence-corrected chi connectivity index (χ4v) is 2.05. The summed E-state index contributed by atoms with van der Waals surface area (Å²) in [7, 11) is 0. The van der Waals surface area contributed by atoms with Gasteiger partial charge in [0.15, 0.2) is 11.5 Å². The average Bonchev–Trinajstić information content (AvgIpc) is 2.61. The van der Waals surface area contributed by atoms with Crippen LogP contribution in [0.4, 0.5) is 8.78 Å². The van der Waals surface area contributed by atoms with E-state index in [0.29, 0.717) is 26.2 Å². The fourth-order valence-electron chi connectivity index (χ4n) is 2.05. The maximum atomic E-state index is 12.7. The number of rotatable bonds is 11. The minimum absolute atomic E-state index is 0.107. The van der Waals surface area contributed by atoms with Crippen LogP contribution in [0.15, 0.2) is 23.8 Å². The lowest BCUT2D eigenvalue weighted by Gasteiger charge is -2.14. The van der Waals surface area contributed by atoms with Crippen molar-refractivity contribution in [2.75, 3.05) is 26.4 Å². The number of carbonyl (C=O) groups is 1. The molecule has 0 aromatic heterocycles. The molecule has 1 rings (SSSR count). The van der Waals surface area contributed by atoms with Crippen molar-refractivity contribution in [2.45, 2.75) is 26.9 Å². The molecular formula is C18H22F2N2O4. The first-order valence-electron chi connectivity index (χ1n) is 8.21. The first-order valence-corrected chi connectivity index (χ1v) is 8.21. The average molecular weight is 368 g/mol. The van der Waals surface area contributed by atoms with Crippen molar-refractivity contribution >= 4 is 12.0 Å². The van der Waals surface area contributed by atoms with Gasteiger partial charge in [0.1, 0.15) is 11.6 Å². The van der Waals surface area contributed by atoms with Gasteiger partial charge >= 0.3 is 6.61 Å². The number of ether oxygens (including phenoxy) is 3. The summed E-state index contributed by atoms with van der Waals surface area (Å²) in [5.41, 5.74) is -0.0774. The summed E-state index contributed by atoms with van der Waals surface area (Å²) in [6.45, 7) is 2.15. The van der Waals surface area contributed by atoms with Crippen LogP contribution in [0.5, 0.6) is 11.5 Å². The lowest BCUT2D eigenvalue weighted by molar-refractivity contribution is -0.117. The first-order chi connectivity index (χ1) is 12.5. The highest BCUT2D eigenvalue weighted by atomic mass is 19.3. The molecule has 26 heavy (non-hydrogen) atoms. The largest absolute Gasteiger partial charge is 0.490 e. The predicted octanol–water partition coefficient (Wildman–Crippen LogP) is 3.14. The molecule has 0 atom stereocenters. The standard InChI is InChI=1S/C18H22F2N2O4/c1-3-24-10-6-9-22-17(23)14(12-21)11-13-7-5-8-15(25-4-2)16(13)26-18(19)20/h5,7-8,11,18H,3-4,6,9-10H2,1-2H3,(H,22,23)/b14-11+. The second-order valence-electron chi connectivity index (χ2n) is 4.96. The molecule has 0 radical (unpaired) electrons. The zero-order chi connectivity index (χ0) is 19.4. The van der Waals surface area contributed by atoms with Gasteiger partial charge in [-0.25, -0.2) is 0 Å². The molecule has 0 spiro atoms. The van der Waals surface area contributed by atoms with Crippen LogP contribution in [-0.2, 0) is 9.53 Å². The number of benzene rings is 1. The molecule has 1 aromatic carbocycles. The zero-order valence-corrected chi connectivity index (χ0v) is 14.8. The highest BCUT2D eigenvalue weighted by Crippen LogP contribution is 2.34. The Bertz CT molecular complexity index is 657. The number of carbonyl (C=O) groups excluding carboxylic acids is 1. The van der Waals surface area contributed by atoms with Gasteiger partial charge in [-0.3, -0.25) is 4.79 Å². The van der Waals surface area contributed by atoms with Gasteiger partial charge in [0, 0.05) is 25.3 Å². The molecule has 8 heteroatoms. The van der Waals surface area contributed by atoms with Crippen molar-refractivity contribution in [1.29, 1.82) is 5.26 Å². The molecule has 1 aromatic rings. The van der Waals surface area contributed by atoms with Crippen molar-refractivity contribution in [3.05, 3.63) is 29.3 Å². The summed E-state index contributed by atoms with van der Waals surface area (Å²) in [5.74, 6) is -0.717. The van der Waals surface area contributed by atoms with Crippen LogP contribution < -0.4 is 14.8 Å². The van der Waals surface area contributed by atoms with Gasteiger partial charge in [-0.05, 0) is 32.4 Å². The maximum Gasteiger partial charge on any atom is 0.387 e. The van der Waals surface area contributed by atoms with Gasteiger partial charge in [0.05, 0.1) is 6.61 Å². The van der Waals surface area contributed by atoms with Crippen molar-refractivity contribution in [3.8, 4) is 17.6 Å². The van der Waals surface area contributed by atoms with E-state index in [9.17, 15) is 18.8 Å². The summed E-state index contributed by atoms with van der Waals surface area (Å²) >= 11 is 0. The molecule has 0 heterocycles. The number of halogens is 2. The molecule has 0 saturated heterocycles. The van der Waals surface area contributed by atoms with Gasteiger partial charge in [0.2, 0.25) is 0 Å². The quantitative estimate of drug-likeness (QED) is 0.369. The minimum Gasteiger partial charge on any atom is -0.490 e. The Labute approximate surface area is 151 Å². The van der Waals surface area contributed by atoms with Crippen LogP contribution >= 0.6 is 0 Å². The normalized spacial score (nSPS) is 11.2. The van der Waals surface area contributed by atoms with Gasteiger partial charge in [-0.1, -0.05) is 12.1 Å². The monoisotopic (exact) mass is 368 g/mol. The van der Waals surface area contributed by atoms with E-state index < -0.39 is 12.5 Å². The SMILES string of the molecule is CCOCCCNC(=O)/C(C#N)=C/c1cccc(OCC)c1OC(F)F. The molecule has 0 saturated carbocycles. The van der Waals surface area contributed by atoms with Crippen molar-refractivity contribution in [1.82, 2.24) is 5.32 Å². The van der Waals surface area contributed by atoms with Crippen LogP contribution in [0.2, 0.25) is 0 Å². The number of alkyl halides is 2. The van der Waals surface area contributed by atoms with Crippen LogP contribution in [0.3, 0.4) is 0 Å². The molecule has 0 aliphatic rings. The van der Waals surface area contributed by atoms with E-state index in [4.69, 9.17) is 9.47 Å². The third-order valence-electron chi connectivity index (χ3n) is 3.14. The number of hydrogen-bond acceptors (Lipinski definition) is 5. The summed E-state index contributed by atoms with van der Waals surface area (Å²) in [5, 5.41) is 11.8. The van der Waals surface area contributed by atoms with Crippen LogP contribution in [-0.4, -0.2) is 38.9 Å². The summed E-state index contributed by atoms with van der Waals surface area (Å²) in [4.78, 5) is 12.1. The van der Waals surface area contributed by atoms with Gasteiger partial charge < -0.3 is 19.5 Å². The number of hydrogen-bond donors (Lipinski definition) is 1. The zero-order valence-electron chi connectivity index (χ0n) is 14.8. The Morgan fingerprint density at radius 2 is 2.12 bits per heavy atom.